The van der Waals surface area contributed by atoms with Gasteiger partial charge in [-0.15, -0.1) is 0 Å². The van der Waals surface area contributed by atoms with Gasteiger partial charge in [-0.05, 0) is 27.2 Å². The maximum Gasteiger partial charge on any atom is 0.318 e. The van der Waals surface area contributed by atoms with Crippen molar-refractivity contribution in [2.75, 3.05) is 13.1 Å². The van der Waals surface area contributed by atoms with Crippen LogP contribution < -0.4 is 0 Å². The van der Waals surface area contributed by atoms with Gasteiger partial charge in [0.05, 0.1) is 0 Å². The maximum atomic E-state index is 12.5. The molecule has 0 aliphatic rings. The molecule has 1 unspecified atom stereocenters. The molecule has 0 radical (unpaired) electrons. The fraction of sp³-hybridized carbons (Fsp3) is 0.895. The summed E-state index contributed by atoms with van der Waals surface area (Å²) in [6, 6.07) is 0. The van der Waals surface area contributed by atoms with Crippen molar-refractivity contribution in [2.24, 2.45) is 5.41 Å². The number of carboxylic acid groups (broad SMARTS) is 1. The summed E-state index contributed by atoms with van der Waals surface area (Å²) in [7, 11) is 0. The first-order valence-electron chi connectivity index (χ1n) is 9.46. The number of carboxylic acids is 1. The molecular formula is C19H37NO3. The molecule has 1 atom stereocenters. The molecule has 0 spiro atoms. The molecule has 0 aromatic rings. The summed E-state index contributed by atoms with van der Waals surface area (Å²) < 4.78 is 0. The minimum atomic E-state index is -1.27. The Balaban J connectivity index is 4.15. The highest BCUT2D eigenvalue weighted by atomic mass is 16.4. The molecule has 4 nitrogen and oxygen atoms in total. The zero-order valence-corrected chi connectivity index (χ0v) is 15.7. The molecule has 0 aliphatic carbocycles. The van der Waals surface area contributed by atoms with Gasteiger partial charge in [0.15, 0.2) is 0 Å². The molecule has 136 valence electrons. The quantitative estimate of drug-likeness (QED) is 0.366. The van der Waals surface area contributed by atoms with Crippen LogP contribution >= 0.6 is 0 Å². The van der Waals surface area contributed by atoms with Gasteiger partial charge in [0.2, 0.25) is 5.91 Å². The van der Waals surface area contributed by atoms with Crippen LogP contribution in [0.2, 0.25) is 0 Å². The third-order valence-electron chi connectivity index (χ3n) is 4.78. The predicted octanol–water partition coefficient (Wildman–Crippen LogP) is 4.87. The van der Waals surface area contributed by atoms with E-state index < -0.39 is 11.4 Å². The lowest BCUT2D eigenvalue weighted by Crippen LogP contribution is -2.46. The van der Waals surface area contributed by atoms with Crippen LogP contribution in [-0.4, -0.2) is 35.0 Å². The molecule has 0 fully saturated rings. The van der Waals surface area contributed by atoms with Crippen molar-refractivity contribution in [3.63, 3.8) is 0 Å². The topological polar surface area (TPSA) is 57.6 Å². The first kappa shape index (κ1) is 21.9. The largest absolute Gasteiger partial charge is 0.480 e. The number of carbonyl (C=O) groups excluding carboxylic acids is 1. The van der Waals surface area contributed by atoms with Crippen molar-refractivity contribution in [3.05, 3.63) is 0 Å². The molecule has 4 heteroatoms. The van der Waals surface area contributed by atoms with E-state index >= 15 is 0 Å². The Morgan fingerprint density at radius 3 is 1.65 bits per heavy atom. The number of hydrogen-bond acceptors (Lipinski definition) is 2. The molecule has 0 saturated carbocycles. The highest BCUT2D eigenvalue weighted by Crippen LogP contribution is 2.28. The summed E-state index contributed by atoms with van der Waals surface area (Å²) in [6.45, 7) is 8.72. The van der Waals surface area contributed by atoms with Gasteiger partial charge in [0.25, 0.3) is 0 Å². The number of nitrogens with zero attached hydrogens (tertiary/aromatic N) is 1. The Kier molecular flexibility index (Phi) is 11.8. The summed E-state index contributed by atoms with van der Waals surface area (Å²) in [5, 5.41) is 9.52. The van der Waals surface area contributed by atoms with Crippen LogP contribution in [0.25, 0.3) is 0 Å². The molecule has 0 aromatic heterocycles. The number of rotatable bonds is 14. The molecule has 0 aliphatic heterocycles. The van der Waals surface area contributed by atoms with Gasteiger partial charge in [-0.25, -0.2) is 0 Å². The highest BCUT2D eigenvalue weighted by molar-refractivity contribution is 6.01. The maximum absolute atomic E-state index is 12.5. The molecule has 1 N–H and O–H groups in total. The molecule has 23 heavy (non-hydrogen) atoms. The summed E-state index contributed by atoms with van der Waals surface area (Å²) in [5.41, 5.74) is -1.27. The zero-order chi connectivity index (χ0) is 17.7. The summed E-state index contributed by atoms with van der Waals surface area (Å²) in [4.78, 5) is 25.7. The minimum absolute atomic E-state index is 0.241. The average Bonchev–Trinajstić information content (AvgIpc) is 2.53. The Hall–Kier alpha value is -1.06. The average molecular weight is 328 g/mol. The summed E-state index contributed by atoms with van der Waals surface area (Å²) >= 11 is 0. The fourth-order valence-electron chi connectivity index (χ4n) is 2.95. The fourth-order valence-corrected chi connectivity index (χ4v) is 2.95. The molecule has 0 heterocycles. The van der Waals surface area contributed by atoms with Crippen molar-refractivity contribution in [2.45, 2.75) is 91.9 Å². The monoisotopic (exact) mass is 327 g/mol. The second kappa shape index (κ2) is 12.4. The van der Waals surface area contributed by atoms with Gasteiger partial charge in [0.1, 0.15) is 5.41 Å². The molecule has 1 amide bonds. The second-order valence-electron chi connectivity index (χ2n) is 6.69. The SMILES string of the molecule is CCCCCCCCCCCC(C)(C(=O)O)C(=O)N(CC)CC. The van der Waals surface area contributed by atoms with Gasteiger partial charge in [-0.1, -0.05) is 64.7 Å². The van der Waals surface area contributed by atoms with Crippen molar-refractivity contribution in [1.82, 2.24) is 4.90 Å². The molecular weight excluding hydrogens is 290 g/mol. The van der Waals surface area contributed by atoms with E-state index in [9.17, 15) is 14.7 Å². The Labute approximate surface area is 142 Å². The standard InChI is InChI=1S/C19H37NO3/c1-5-8-9-10-11-12-13-14-15-16-19(4,18(22)23)17(21)20(6-2)7-3/h5-16H2,1-4H3,(H,22,23). The first-order valence-corrected chi connectivity index (χ1v) is 9.46. The van der Waals surface area contributed by atoms with Crippen LogP contribution in [0, 0.1) is 5.41 Å². The lowest BCUT2D eigenvalue weighted by molar-refractivity contribution is -0.160. The van der Waals surface area contributed by atoms with Gasteiger partial charge >= 0.3 is 5.97 Å². The van der Waals surface area contributed by atoms with E-state index in [2.05, 4.69) is 6.92 Å². The number of unbranched alkanes of at least 4 members (excludes halogenated alkanes) is 8. The second-order valence-corrected chi connectivity index (χ2v) is 6.69. The third kappa shape index (κ3) is 7.85. The van der Waals surface area contributed by atoms with E-state index in [1.165, 1.54) is 38.5 Å². The lowest BCUT2D eigenvalue weighted by atomic mass is 9.83. The number of hydrogen-bond donors (Lipinski definition) is 1. The third-order valence-corrected chi connectivity index (χ3v) is 4.78. The Morgan fingerprint density at radius 1 is 0.826 bits per heavy atom. The van der Waals surface area contributed by atoms with E-state index in [0.29, 0.717) is 19.5 Å². The Morgan fingerprint density at radius 2 is 1.26 bits per heavy atom. The number of carbonyl (C=O) groups is 2. The van der Waals surface area contributed by atoms with Crippen LogP contribution in [-0.2, 0) is 9.59 Å². The Bertz CT molecular complexity index is 340. The van der Waals surface area contributed by atoms with Crippen LogP contribution in [0.5, 0.6) is 0 Å². The molecule has 0 saturated heterocycles. The van der Waals surface area contributed by atoms with Crippen LogP contribution in [0.15, 0.2) is 0 Å². The van der Waals surface area contributed by atoms with Crippen molar-refractivity contribution >= 4 is 11.9 Å². The first-order chi connectivity index (χ1) is 10.9. The van der Waals surface area contributed by atoms with Crippen molar-refractivity contribution in [3.8, 4) is 0 Å². The van der Waals surface area contributed by atoms with E-state index in [4.69, 9.17) is 0 Å². The molecule has 0 bridgehead atoms. The molecule has 0 aromatic carbocycles. The van der Waals surface area contributed by atoms with E-state index in [1.54, 1.807) is 11.8 Å². The smallest absolute Gasteiger partial charge is 0.318 e. The number of aliphatic carboxylic acids is 1. The summed E-state index contributed by atoms with van der Waals surface area (Å²) in [5.74, 6) is -1.23. The van der Waals surface area contributed by atoms with Gasteiger partial charge in [0, 0.05) is 13.1 Å². The van der Waals surface area contributed by atoms with Crippen molar-refractivity contribution < 1.29 is 14.7 Å². The van der Waals surface area contributed by atoms with E-state index in [0.717, 1.165) is 19.3 Å². The van der Waals surface area contributed by atoms with E-state index in [-0.39, 0.29) is 5.91 Å². The van der Waals surface area contributed by atoms with Crippen LogP contribution in [0.4, 0.5) is 0 Å². The van der Waals surface area contributed by atoms with Gasteiger partial charge in [-0.2, -0.15) is 0 Å². The predicted molar refractivity (Wildman–Crippen MR) is 95.5 cm³/mol. The minimum Gasteiger partial charge on any atom is -0.480 e. The van der Waals surface area contributed by atoms with Crippen LogP contribution in [0.3, 0.4) is 0 Å². The lowest BCUT2D eigenvalue weighted by Gasteiger charge is -2.30. The van der Waals surface area contributed by atoms with Crippen molar-refractivity contribution in [1.29, 1.82) is 0 Å². The number of amides is 1. The van der Waals surface area contributed by atoms with E-state index in [1.807, 2.05) is 13.8 Å². The highest BCUT2D eigenvalue weighted by Gasteiger charge is 2.42. The van der Waals surface area contributed by atoms with Gasteiger partial charge < -0.3 is 10.0 Å². The summed E-state index contributed by atoms with van der Waals surface area (Å²) in [6.07, 6.45) is 11.1. The van der Waals surface area contributed by atoms with Crippen LogP contribution in [0.1, 0.15) is 91.9 Å². The molecule has 0 rings (SSSR count). The normalized spacial score (nSPS) is 13.6. The van der Waals surface area contributed by atoms with Gasteiger partial charge in [-0.3, -0.25) is 9.59 Å². The zero-order valence-electron chi connectivity index (χ0n) is 15.7.